The van der Waals surface area contributed by atoms with Crippen molar-refractivity contribution in [3.8, 4) is 11.1 Å². The number of hydrogen-bond donors (Lipinski definition) is 1. The van der Waals surface area contributed by atoms with Gasteiger partial charge in [-0.1, -0.05) is 45.0 Å². The van der Waals surface area contributed by atoms with Gasteiger partial charge in [-0.05, 0) is 30.2 Å². The summed E-state index contributed by atoms with van der Waals surface area (Å²) >= 11 is 0. The van der Waals surface area contributed by atoms with E-state index >= 15 is 0 Å². The maximum absolute atomic E-state index is 14.0. The Morgan fingerprint density at radius 3 is 2.37 bits per heavy atom. The monoisotopic (exact) mass is 417 g/mol. The van der Waals surface area contributed by atoms with Crippen LogP contribution in [0.2, 0.25) is 0 Å². The Balaban J connectivity index is 1.77. The van der Waals surface area contributed by atoms with Crippen molar-refractivity contribution in [2.75, 3.05) is 13.2 Å². The summed E-state index contributed by atoms with van der Waals surface area (Å²) in [6, 6.07) is 10.5. The zero-order chi connectivity index (χ0) is 22.1. The highest BCUT2D eigenvalue weighted by Gasteiger charge is 2.49. The van der Waals surface area contributed by atoms with Crippen molar-refractivity contribution in [2.24, 2.45) is 5.41 Å². The van der Waals surface area contributed by atoms with Gasteiger partial charge in [-0.2, -0.15) is 0 Å². The van der Waals surface area contributed by atoms with E-state index in [0.29, 0.717) is 30.5 Å². The Bertz CT molecular complexity index is 908. The molecule has 0 spiro atoms. The van der Waals surface area contributed by atoms with Gasteiger partial charge in [0.15, 0.2) is 0 Å². The van der Waals surface area contributed by atoms with Crippen LogP contribution >= 0.6 is 0 Å². The number of rotatable bonds is 5. The van der Waals surface area contributed by atoms with Crippen LogP contribution < -0.4 is 0 Å². The van der Waals surface area contributed by atoms with E-state index in [1.807, 2.05) is 39.8 Å². The standard InChI is InChI=1S/C24H29F2NO3/c1-16(27-13-11-24(12-14-28,23(2,3)4)30-22(27)29)17-5-7-18(8-6-17)20-10-9-19(25)15-21(20)26/h5-10,15-16,28H,11-14H2,1-4H3/t16-,24?/m0/s1. The lowest BCUT2D eigenvalue weighted by molar-refractivity contribution is -0.126. The molecule has 0 radical (unpaired) electrons. The number of nitrogens with zero attached hydrogens (tertiary/aromatic N) is 1. The molecule has 1 saturated heterocycles. The van der Waals surface area contributed by atoms with Crippen LogP contribution in [-0.4, -0.2) is 34.9 Å². The Morgan fingerprint density at radius 1 is 1.17 bits per heavy atom. The van der Waals surface area contributed by atoms with Crippen LogP contribution in [0.15, 0.2) is 42.5 Å². The molecule has 0 saturated carbocycles. The number of cyclic esters (lactones) is 1. The number of aliphatic hydroxyl groups is 1. The number of ether oxygens (including phenoxy) is 1. The first-order valence-corrected chi connectivity index (χ1v) is 10.2. The van der Waals surface area contributed by atoms with Gasteiger partial charge in [-0.15, -0.1) is 0 Å². The number of halogens is 2. The van der Waals surface area contributed by atoms with Gasteiger partial charge in [0.1, 0.15) is 17.2 Å². The van der Waals surface area contributed by atoms with Gasteiger partial charge in [0.05, 0.1) is 6.04 Å². The van der Waals surface area contributed by atoms with Crippen molar-refractivity contribution >= 4 is 6.09 Å². The Labute approximate surface area is 176 Å². The number of amides is 1. The van der Waals surface area contributed by atoms with Crippen LogP contribution in [0.3, 0.4) is 0 Å². The van der Waals surface area contributed by atoms with Crippen LogP contribution in [0.25, 0.3) is 11.1 Å². The maximum Gasteiger partial charge on any atom is 0.410 e. The minimum atomic E-state index is -0.695. The third-order valence-corrected chi connectivity index (χ3v) is 6.26. The highest BCUT2D eigenvalue weighted by Crippen LogP contribution is 2.43. The zero-order valence-corrected chi connectivity index (χ0v) is 17.9. The van der Waals surface area contributed by atoms with E-state index in [-0.39, 0.29) is 18.1 Å². The minimum Gasteiger partial charge on any atom is -0.442 e. The predicted octanol–water partition coefficient (Wildman–Crippen LogP) is 5.70. The van der Waals surface area contributed by atoms with Gasteiger partial charge in [0, 0.05) is 43.0 Å². The van der Waals surface area contributed by atoms with E-state index in [4.69, 9.17) is 4.74 Å². The van der Waals surface area contributed by atoms with E-state index in [0.717, 1.165) is 11.6 Å². The molecule has 0 aromatic heterocycles. The number of carbonyl (C=O) groups excluding carboxylic acids is 1. The summed E-state index contributed by atoms with van der Waals surface area (Å²) in [5.41, 5.74) is 0.871. The molecule has 1 N–H and O–H groups in total. The highest BCUT2D eigenvalue weighted by atomic mass is 19.1. The molecule has 1 amide bonds. The molecular weight excluding hydrogens is 388 g/mol. The van der Waals surface area contributed by atoms with Crippen molar-refractivity contribution < 1.29 is 23.4 Å². The van der Waals surface area contributed by atoms with Crippen LogP contribution in [0.5, 0.6) is 0 Å². The molecule has 6 heteroatoms. The molecule has 3 rings (SSSR count). The van der Waals surface area contributed by atoms with E-state index in [1.165, 1.54) is 12.1 Å². The SMILES string of the molecule is C[C@@H](c1ccc(-c2ccc(F)cc2F)cc1)N1CCC(CCO)(C(C)(C)C)OC1=O. The molecule has 1 heterocycles. The van der Waals surface area contributed by atoms with Gasteiger partial charge >= 0.3 is 6.09 Å². The summed E-state index contributed by atoms with van der Waals surface area (Å²) in [6.07, 6.45) is 0.639. The summed E-state index contributed by atoms with van der Waals surface area (Å²) < 4.78 is 33.1. The number of carbonyl (C=O) groups is 1. The molecule has 0 bridgehead atoms. The zero-order valence-electron chi connectivity index (χ0n) is 17.9. The fraction of sp³-hybridized carbons (Fsp3) is 0.458. The molecule has 1 aliphatic rings. The fourth-order valence-corrected chi connectivity index (χ4v) is 4.13. The lowest BCUT2D eigenvalue weighted by atomic mass is 9.71. The molecule has 162 valence electrons. The Morgan fingerprint density at radius 2 is 1.83 bits per heavy atom. The fourth-order valence-electron chi connectivity index (χ4n) is 4.13. The van der Waals surface area contributed by atoms with Crippen LogP contribution in [0, 0.1) is 17.0 Å². The van der Waals surface area contributed by atoms with Gasteiger partial charge in [-0.25, -0.2) is 13.6 Å². The van der Waals surface area contributed by atoms with Crippen molar-refractivity contribution in [2.45, 2.75) is 52.2 Å². The number of hydrogen-bond acceptors (Lipinski definition) is 3. The predicted molar refractivity (Wildman–Crippen MR) is 112 cm³/mol. The molecule has 1 unspecified atom stereocenters. The smallest absolute Gasteiger partial charge is 0.410 e. The largest absolute Gasteiger partial charge is 0.442 e. The Kier molecular flexibility index (Phi) is 6.18. The maximum atomic E-state index is 14.0. The average Bonchev–Trinajstić information content (AvgIpc) is 2.67. The van der Waals surface area contributed by atoms with Crippen LogP contribution in [0.4, 0.5) is 13.6 Å². The first-order chi connectivity index (χ1) is 14.1. The van der Waals surface area contributed by atoms with Gasteiger partial charge in [0.2, 0.25) is 0 Å². The lowest BCUT2D eigenvalue weighted by Crippen LogP contribution is -2.56. The van der Waals surface area contributed by atoms with E-state index in [9.17, 15) is 18.7 Å². The summed E-state index contributed by atoms with van der Waals surface area (Å²) in [6.45, 7) is 8.45. The van der Waals surface area contributed by atoms with E-state index in [1.54, 1.807) is 17.0 Å². The number of benzene rings is 2. The summed E-state index contributed by atoms with van der Waals surface area (Å²) in [4.78, 5) is 14.5. The van der Waals surface area contributed by atoms with Gasteiger partial charge < -0.3 is 14.7 Å². The van der Waals surface area contributed by atoms with Gasteiger partial charge in [0.25, 0.3) is 0 Å². The summed E-state index contributed by atoms with van der Waals surface area (Å²) in [5.74, 6) is -1.23. The highest BCUT2D eigenvalue weighted by molar-refractivity contribution is 5.70. The number of aliphatic hydroxyl groups excluding tert-OH is 1. The second kappa shape index (κ2) is 8.34. The van der Waals surface area contributed by atoms with Crippen LogP contribution in [0.1, 0.15) is 52.1 Å². The minimum absolute atomic E-state index is 0.0402. The second-order valence-electron chi connectivity index (χ2n) is 8.95. The topological polar surface area (TPSA) is 49.8 Å². The third kappa shape index (κ3) is 4.19. The average molecular weight is 417 g/mol. The van der Waals surface area contributed by atoms with E-state index in [2.05, 4.69) is 0 Å². The van der Waals surface area contributed by atoms with Crippen molar-refractivity contribution in [3.63, 3.8) is 0 Å². The van der Waals surface area contributed by atoms with Gasteiger partial charge in [-0.3, -0.25) is 0 Å². The van der Waals surface area contributed by atoms with Crippen molar-refractivity contribution in [3.05, 3.63) is 59.7 Å². The quantitative estimate of drug-likeness (QED) is 0.679. The molecule has 30 heavy (non-hydrogen) atoms. The molecule has 1 fully saturated rings. The molecular formula is C24H29F2NO3. The molecule has 4 nitrogen and oxygen atoms in total. The van der Waals surface area contributed by atoms with E-state index < -0.39 is 23.3 Å². The molecule has 2 aromatic rings. The first-order valence-electron chi connectivity index (χ1n) is 10.2. The van der Waals surface area contributed by atoms with Crippen molar-refractivity contribution in [1.29, 1.82) is 0 Å². The first kappa shape index (κ1) is 22.2. The van der Waals surface area contributed by atoms with Crippen molar-refractivity contribution in [1.82, 2.24) is 4.90 Å². The second-order valence-corrected chi connectivity index (χ2v) is 8.95. The molecule has 0 aliphatic carbocycles. The summed E-state index contributed by atoms with van der Waals surface area (Å²) in [7, 11) is 0. The lowest BCUT2D eigenvalue weighted by Gasteiger charge is -2.49. The Hall–Kier alpha value is -2.47. The molecule has 2 aromatic carbocycles. The molecule has 2 atom stereocenters. The normalized spacial score (nSPS) is 20.8. The van der Waals surface area contributed by atoms with Crippen LogP contribution in [-0.2, 0) is 4.74 Å². The molecule has 1 aliphatic heterocycles. The third-order valence-electron chi connectivity index (χ3n) is 6.26. The summed E-state index contributed by atoms with van der Waals surface area (Å²) in [5, 5.41) is 9.49.